The van der Waals surface area contributed by atoms with Crippen LogP contribution in [0.4, 0.5) is 45.5 Å². The zero-order chi connectivity index (χ0) is 26.5. The number of nitrogens with two attached hydrogens (primary N) is 2. The molecule has 0 spiro atoms. The van der Waals surface area contributed by atoms with Crippen LogP contribution in [-0.4, -0.2) is 36.4 Å². The zero-order valence-electron chi connectivity index (χ0n) is 20.6. The van der Waals surface area contributed by atoms with E-state index in [9.17, 15) is 10.2 Å². The maximum absolute atomic E-state index is 9.92. The molecule has 5 rings (SSSR count). The second kappa shape index (κ2) is 10.9. The SMILES string of the molecule is Nc1ccc(N=Nc2ccc(N3CCN(c4ccc(N=Nc5ccc(N)cc5O)cc4)CC3)cc2)c(O)c1. The van der Waals surface area contributed by atoms with Crippen molar-refractivity contribution >= 4 is 45.5 Å². The van der Waals surface area contributed by atoms with Crippen LogP contribution >= 0.6 is 0 Å². The van der Waals surface area contributed by atoms with Crippen LogP contribution < -0.4 is 21.3 Å². The average molecular weight is 509 g/mol. The molecule has 0 aromatic heterocycles. The molecule has 1 fully saturated rings. The molecule has 1 saturated heterocycles. The van der Waals surface area contributed by atoms with E-state index in [-0.39, 0.29) is 11.5 Å². The Morgan fingerprint density at radius 2 is 0.868 bits per heavy atom. The van der Waals surface area contributed by atoms with Gasteiger partial charge in [-0.25, -0.2) is 0 Å². The van der Waals surface area contributed by atoms with Crippen molar-refractivity contribution in [1.29, 1.82) is 0 Å². The quantitative estimate of drug-likeness (QED) is 0.174. The summed E-state index contributed by atoms with van der Waals surface area (Å²) in [6.45, 7) is 3.55. The van der Waals surface area contributed by atoms with Crippen molar-refractivity contribution in [3.8, 4) is 11.5 Å². The lowest BCUT2D eigenvalue weighted by Gasteiger charge is -2.37. The van der Waals surface area contributed by atoms with Crippen LogP contribution in [0.1, 0.15) is 0 Å². The van der Waals surface area contributed by atoms with Gasteiger partial charge < -0.3 is 31.5 Å². The summed E-state index contributed by atoms with van der Waals surface area (Å²) in [4.78, 5) is 4.68. The average Bonchev–Trinajstić information content (AvgIpc) is 2.93. The van der Waals surface area contributed by atoms with Crippen molar-refractivity contribution in [2.75, 3.05) is 47.4 Å². The molecule has 1 aliphatic heterocycles. The molecule has 1 aliphatic rings. The van der Waals surface area contributed by atoms with Crippen molar-refractivity contribution in [3.05, 3.63) is 84.9 Å². The van der Waals surface area contributed by atoms with E-state index in [1.165, 1.54) is 12.1 Å². The first-order valence-corrected chi connectivity index (χ1v) is 12.1. The Morgan fingerprint density at radius 1 is 0.500 bits per heavy atom. The first-order valence-electron chi connectivity index (χ1n) is 12.1. The Bertz CT molecular complexity index is 1350. The van der Waals surface area contributed by atoms with Crippen LogP contribution in [-0.2, 0) is 0 Å². The van der Waals surface area contributed by atoms with Gasteiger partial charge in [0.15, 0.2) is 0 Å². The Kier molecular flexibility index (Phi) is 7.03. The van der Waals surface area contributed by atoms with Gasteiger partial charge >= 0.3 is 0 Å². The number of phenolic OH excluding ortho intramolecular Hbond substituents is 2. The van der Waals surface area contributed by atoms with E-state index in [1.54, 1.807) is 24.3 Å². The molecule has 10 nitrogen and oxygen atoms in total. The summed E-state index contributed by atoms with van der Waals surface area (Å²) < 4.78 is 0. The third-order valence-electron chi connectivity index (χ3n) is 6.25. The molecule has 0 bridgehead atoms. The third-order valence-corrected chi connectivity index (χ3v) is 6.25. The van der Waals surface area contributed by atoms with Crippen molar-refractivity contribution in [1.82, 2.24) is 0 Å². The minimum absolute atomic E-state index is 0.000674. The standard InChI is InChI=1S/C28H28N8O2/c29-19-1-11-25(27(37)17-19)33-31-21-3-7-23(8-4-21)35-13-15-36(16-14-35)24-9-5-22(6-10-24)32-34-26-12-2-20(30)18-28(26)38/h1-12,17-18,37-38H,13-16,29-30H2. The number of piperazine rings is 1. The third kappa shape index (κ3) is 5.81. The molecule has 0 atom stereocenters. The number of hydrogen-bond acceptors (Lipinski definition) is 10. The van der Waals surface area contributed by atoms with Crippen LogP contribution in [0.2, 0.25) is 0 Å². The lowest BCUT2D eigenvalue weighted by molar-refractivity contribution is 0.476. The van der Waals surface area contributed by atoms with Gasteiger partial charge in [0.05, 0.1) is 11.4 Å². The normalized spacial score (nSPS) is 14.0. The van der Waals surface area contributed by atoms with Crippen molar-refractivity contribution in [2.24, 2.45) is 20.5 Å². The van der Waals surface area contributed by atoms with E-state index in [0.29, 0.717) is 34.1 Å². The van der Waals surface area contributed by atoms with Gasteiger partial charge in [-0.1, -0.05) is 0 Å². The summed E-state index contributed by atoms with van der Waals surface area (Å²) in [5.74, 6) is 0.00135. The highest BCUT2D eigenvalue weighted by molar-refractivity contribution is 5.60. The van der Waals surface area contributed by atoms with Crippen LogP contribution in [0.5, 0.6) is 11.5 Å². The van der Waals surface area contributed by atoms with Gasteiger partial charge in [0.25, 0.3) is 0 Å². The molecule has 0 unspecified atom stereocenters. The van der Waals surface area contributed by atoms with Gasteiger partial charge in [-0.3, -0.25) is 0 Å². The summed E-state index contributed by atoms with van der Waals surface area (Å²) in [6.07, 6.45) is 0. The molecular weight excluding hydrogens is 480 g/mol. The monoisotopic (exact) mass is 508 g/mol. The van der Waals surface area contributed by atoms with Gasteiger partial charge in [-0.05, 0) is 72.8 Å². The summed E-state index contributed by atoms with van der Waals surface area (Å²) in [6, 6.07) is 25.3. The molecule has 4 aromatic rings. The number of anilines is 4. The van der Waals surface area contributed by atoms with Gasteiger partial charge in [-0.15, -0.1) is 10.2 Å². The molecule has 10 heteroatoms. The van der Waals surface area contributed by atoms with Gasteiger partial charge in [0.1, 0.15) is 22.9 Å². The minimum Gasteiger partial charge on any atom is -0.506 e. The highest BCUT2D eigenvalue weighted by atomic mass is 16.3. The van der Waals surface area contributed by atoms with E-state index >= 15 is 0 Å². The molecule has 0 amide bonds. The Balaban J connectivity index is 1.15. The molecular formula is C28H28N8O2. The molecule has 38 heavy (non-hydrogen) atoms. The summed E-state index contributed by atoms with van der Waals surface area (Å²) in [7, 11) is 0. The van der Waals surface area contributed by atoms with Gasteiger partial charge in [-0.2, -0.15) is 10.2 Å². The lowest BCUT2D eigenvalue weighted by Crippen LogP contribution is -2.46. The molecule has 1 heterocycles. The number of azo groups is 2. The number of hydrogen-bond donors (Lipinski definition) is 4. The number of rotatable bonds is 6. The first kappa shape index (κ1) is 24.6. The topological polar surface area (TPSA) is 148 Å². The van der Waals surface area contributed by atoms with E-state index < -0.39 is 0 Å². The Labute approximate surface area is 220 Å². The van der Waals surface area contributed by atoms with Crippen molar-refractivity contribution in [3.63, 3.8) is 0 Å². The zero-order valence-corrected chi connectivity index (χ0v) is 20.6. The molecule has 0 aliphatic carbocycles. The fourth-order valence-electron chi connectivity index (χ4n) is 4.16. The number of nitrogens with zero attached hydrogens (tertiary/aromatic N) is 6. The largest absolute Gasteiger partial charge is 0.506 e. The number of phenols is 2. The molecule has 0 saturated carbocycles. The van der Waals surface area contributed by atoms with E-state index in [4.69, 9.17) is 11.5 Å². The van der Waals surface area contributed by atoms with Gasteiger partial charge in [0, 0.05) is 61.1 Å². The highest BCUT2D eigenvalue weighted by Crippen LogP contribution is 2.32. The summed E-state index contributed by atoms with van der Waals surface area (Å²) in [5.41, 5.74) is 16.6. The number of nitrogen functional groups attached to an aromatic ring is 2. The first-order chi connectivity index (χ1) is 18.4. The van der Waals surface area contributed by atoms with Crippen molar-refractivity contribution in [2.45, 2.75) is 0 Å². The highest BCUT2D eigenvalue weighted by Gasteiger charge is 2.17. The summed E-state index contributed by atoms with van der Waals surface area (Å²) >= 11 is 0. The molecule has 0 radical (unpaired) electrons. The minimum atomic E-state index is 0.000674. The van der Waals surface area contributed by atoms with E-state index in [2.05, 4.69) is 30.3 Å². The van der Waals surface area contributed by atoms with E-state index in [0.717, 1.165) is 37.6 Å². The maximum atomic E-state index is 9.92. The molecule has 192 valence electrons. The Morgan fingerprint density at radius 3 is 1.21 bits per heavy atom. The van der Waals surface area contributed by atoms with Gasteiger partial charge in [0.2, 0.25) is 0 Å². The predicted octanol–water partition coefficient (Wildman–Crippen LogP) is 6.42. The summed E-state index contributed by atoms with van der Waals surface area (Å²) in [5, 5.41) is 36.5. The van der Waals surface area contributed by atoms with Crippen LogP contribution in [0, 0.1) is 0 Å². The number of aromatic hydroxyl groups is 2. The fraction of sp³-hybridized carbons (Fsp3) is 0.143. The molecule has 6 N–H and O–H groups in total. The maximum Gasteiger partial charge on any atom is 0.145 e. The van der Waals surface area contributed by atoms with Crippen LogP contribution in [0.15, 0.2) is 105 Å². The lowest BCUT2D eigenvalue weighted by atomic mass is 10.2. The predicted molar refractivity (Wildman–Crippen MR) is 151 cm³/mol. The second-order valence-electron chi connectivity index (χ2n) is 8.90. The Hall–Kier alpha value is -5.12. The van der Waals surface area contributed by atoms with E-state index in [1.807, 2.05) is 48.5 Å². The van der Waals surface area contributed by atoms with Crippen LogP contribution in [0.25, 0.3) is 0 Å². The smallest absolute Gasteiger partial charge is 0.145 e. The second-order valence-corrected chi connectivity index (χ2v) is 8.90. The van der Waals surface area contributed by atoms with Crippen LogP contribution in [0.3, 0.4) is 0 Å². The molecule has 4 aromatic carbocycles. The van der Waals surface area contributed by atoms with Crippen molar-refractivity contribution < 1.29 is 10.2 Å². The fourth-order valence-corrected chi connectivity index (χ4v) is 4.16. The number of benzene rings is 4.